The first-order chi connectivity index (χ1) is 31.8. The Morgan fingerprint density at radius 3 is 1.40 bits per heavy atom. The maximum atomic E-state index is 13.0. The van der Waals surface area contributed by atoms with Gasteiger partial charge in [-0.05, 0) is 70.6 Å². The van der Waals surface area contributed by atoms with Crippen LogP contribution in [-0.4, -0.2) is 87.5 Å². The molecule has 0 radical (unpaired) electrons. The highest BCUT2D eigenvalue weighted by molar-refractivity contribution is 5.76. The van der Waals surface area contributed by atoms with Crippen molar-refractivity contribution in [3.63, 3.8) is 0 Å². The van der Waals surface area contributed by atoms with Crippen LogP contribution in [0.1, 0.15) is 232 Å². The molecular formula is C56H101NO8. The van der Waals surface area contributed by atoms with Crippen LogP contribution >= 0.6 is 0 Å². The lowest BCUT2D eigenvalue weighted by atomic mass is 9.99. The van der Waals surface area contributed by atoms with Gasteiger partial charge in [-0.25, -0.2) is 0 Å². The van der Waals surface area contributed by atoms with Crippen LogP contribution in [0, 0.1) is 0 Å². The van der Waals surface area contributed by atoms with E-state index in [-0.39, 0.29) is 12.5 Å². The van der Waals surface area contributed by atoms with Crippen molar-refractivity contribution in [3.8, 4) is 0 Å². The van der Waals surface area contributed by atoms with Crippen molar-refractivity contribution in [1.82, 2.24) is 5.32 Å². The lowest BCUT2D eigenvalue weighted by molar-refractivity contribution is -0.302. The van der Waals surface area contributed by atoms with E-state index in [0.717, 1.165) is 64.2 Å². The average molecular weight is 916 g/mol. The van der Waals surface area contributed by atoms with Gasteiger partial charge in [-0.15, -0.1) is 0 Å². The molecule has 1 aliphatic heterocycles. The first-order valence-electron chi connectivity index (χ1n) is 27.0. The predicted molar refractivity (Wildman–Crippen MR) is 272 cm³/mol. The monoisotopic (exact) mass is 916 g/mol. The molecule has 0 aromatic carbocycles. The normalized spacial score (nSPS) is 20.4. The van der Waals surface area contributed by atoms with Crippen LogP contribution in [-0.2, 0) is 14.3 Å². The van der Waals surface area contributed by atoms with Gasteiger partial charge < -0.3 is 40.3 Å². The minimum atomic E-state index is -1.58. The largest absolute Gasteiger partial charge is 0.394 e. The number of aliphatic hydroxyl groups excluding tert-OH is 5. The van der Waals surface area contributed by atoms with Crippen molar-refractivity contribution in [2.75, 3.05) is 13.2 Å². The van der Waals surface area contributed by atoms with E-state index in [1.807, 2.05) is 6.08 Å². The zero-order chi connectivity index (χ0) is 47.3. The lowest BCUT2D eigenvalue weighted by Gasteiger charge is -2.40. The summed E-state index contributed by atoms with van der Waals surface area (Å²) in [4.78, 5) is 13.0. The van der Waals surface area contributed by atoms with E-state index in [1.165, 1.54) is 148 Å². The molecule has 9 nitrogen and oxygen atoms in total. The van der Waals surface area contributed by atoms with E-state index in [4.69, 9.17) is 9.47 Å². The van der Waals surface area contributed by atoms with Crippen LogP contribution in [0.5, 0.6) is 0 Å². The van der Waals surface area contributed by atoms with Gasteiger partial charge in [-0.1, -0.05) is 216 Å². The molecule has 1 saturated heterocycles. The first-order valence-corrected chi connectivity index (χ1v) is 27.0. The van der Waals surface area contributed by atoms with Crippen LogP contribution in [0.15, 0.2) is 60.8 Å². The lowest BCUT2D eigenvalue weighted by Crippen LogP contribution is -2.60. The molecule has 1 aliphatic rings. The Bertz CT molecular complexity index is 1200. The Morgan fingerprint density at radius 2 is 0.923 bits per heavy atom. The standard InChI is InChI=1S/C56H101NO8/c1-3-5-7-9-11-13-15-17-19-21-23-25-27-29-31-33-35-37-39-41-43-45-50(59)49(48-64-56-55(63)54(62)53(61)51(47-58)65-56)57-52(60)46-44-42-40-38-36-34-32-30-28-26-24-22-20-18-16-14-12-10-8-6-4-2/h16,18,22,24,28,30,35,37,43,45,49-51,53-56,58-59,61-63H,3-15,17,19-21,23,25-27,29,31-34,36,38-42,44,46-48H2,1-2H3,(H,57,60)/b18-16-,24-22-,30-28-,37-35+,45-43+. The van der Waals surface area contributed by atoms with Gasteiger partial charge in [0.1, 0.15) is 24.4 Å². The Labute approximate surface area is 398 Å². The average Bonchev–Trinajstić information content (AvgIpc) is 3.31. The molecule has 0 bridgehead atoms. The van der Waals surface area contributed by atoms with Crippen molar-refractivity contribution in [3.05, 3.63) is 60.8 Å². The number of amides is 1. The molecule has 1 heterocycles. The highest BCUT2D eigenvalue weighted by Crippen LogP contribution is 2.23. The second kappa shape index (κ2) is 45.7. The van der Waals surface area contributed by atoms with E-state index in [0.29, 0.717) is 6.42 Å². The maximum Gasteiger partial charge on any atom is 0.220 e. The fourth-order valence-electron chi connectivity index (χ4n) is 8.24. The van der Waals surface area contributed by atoms with Crippen LogP contribution < -0.4 is 5.32 Å². The van der Waals surface area contributed by atoms with E-state index in [1.54, 1.807) is 6.08 Å². The van der Waals surface area contributed by atoms with Crippen molar-refractivity contribution in [2.45, 2.75) is 275 Å². The summed E-state index contributed by atoms with van der Waals surface area (Å²) in [6, 6.07) is -0.831. The maximum absolute atomic E-state index is 13.0. The highest BCUT2D eigenvalue weighted by atomic mass is 16.7. The van der Waals surface area contributed by atoms with Gasteiger partial charge >= 0.3 is 0 Å². The number of hydrogen-bond acceptors (Lipinski definition) is 8. The number of allylic oxidation sites excluding steroid dienone is 9. The fraction of sp³-hybridized carbons (Fsp3) is 0.804. The smallest absolute Gasteiger partial charge is 0.220 e. The number of carbonyl (C=O) groups excluding carboxylic acids is 1. The summed E-state index contributed by atoms with van der Waals surface area (Å²) in [5.41, 5.74) is 0. The van der Waals surface area contributed by atoms with E-state index >= 15 is 0 Å². The summed E-state index contributed by atoms with van der Waals surface area (Å²) in [6.45, 7) is 3.75. The number of carbonyl (C=O) groups is 1. The second-order valence-corrected chi connectivity index (χ2v) is 18.7. The molecule has 65 heavy (non-hydrogen) atoms. The fourth-order valence-corrected chi connectivity index (χ4v) is 8.24. The van der Waals surface area contributed by atoms with Crippen molar-refractivity contribution in [2.24, 2.45) is 0 Å². The van der Waals surface area contributed by atoms with Crippen LogP contribution in [0.3, 0.4) is 0 Å². The first kappa shape index (κ1) is 60.9. The number of hydrogen-bond donors (Lipinski definition) is 6. The minimum absolute atomic E-state index is 0.199. The van der Waals surface area contributed by atoms with Crippen molar-refractivity contribution in [1.29, 1.82) is 0 Å². The summed E-state index contributed by atoms with van der Waals surface area (Å²) >= 11 is 0. The second-order valence-electron chi connectivity index (χ2n) is 18.7. The van der Waals surface area contributed by atoms with Gasteiger partial charge in [0.25, 0.3) is 0 Å². The number of rotatable bonds is 45. The quantitative estimate of drug-likeness (QED) is 0.0261. The van der Waals surface area contributed by atoms with E-state index < -0.39 is 49.5 Å². The van der Waals surface area contributed by atoms with E-state index in [2.05, 4.69) is 67.8 Å². The highest BCUT2D eigenvalue weighted by Gasteiger charge is 2.44. The molecule has 9 heteroatoms. The molecule has 0 spiro atoms. The number of nitrogens with one attached hydrogen (secondary N) is 1. The molecule has 0 aromatic rings. The summed E-state index contributed by atoms with van der Waals surface area (Å²) < 4.78 is 11.2. The van der Waals surface area contributed by atoms with Gasteiger partial charge in [0.15, 0.2) is 6.29 Å². The SMILES string of the molecule is CCCCCCC/C=C\C/C=C\C/C=C\CCCCCCCCC(=O)NC(COC1OC(CO)C(O)C(O)C1O)C(O)/C=C/CC/C=C/CCCCCCCCCCCCCCCCC. The third-order valence-corrected chi connectivity index (χ3v) is 12.6. The van der Waals surface area contributed by atoms with Gasteiger partial charge in [0, 0.05) is 6.42 Å². The predicted octanol–water partition coefficient (Wildman–Crippen LogP) is 12.7. The van der Waals surface area contributed by atoms with Gasteiger partial charge in [0.05, 0.1) is 25.4 Å². The molecule has 0 aromatic heterocycles. The Kier molecular flexibility index (Phi) is 42.8. The van der Waals surface area contributed by atoms with E-state index in [9.17, 15) is 30.3 Å². The van der Waals surface area contributed by atoms with Crippen LogP contribution in [0.4, 0.5) is 0 Å². The number of aliphatic hydroxyl groups is 5. The number of ether oxygens (including phenoxy) is 2. The molecule has 1 fully saturated rings. The minimum Gasteiger partial charge on any atom is -0.394 e. The summed E-state index contributed by atoms with van der Waals surface area (Å²) in [5, 5.41) is 54.4. The third kappa shape index (κ3) is 35.7. The summed E-state index contributed by atoms with van der Waals surface area (Å²) in [6.07, 6.45) is 54.1. The molecule has 0 saturated carbocycles. The summed E-state index contributed by atoms with van der Waals surface area (Å²) in [5.74, 6) is -0.199. The van der Waals surface area contributed by atoms with Crippen LogP contribution in [0.25, 0.3) is 0 Å². The Morgan fingerprint density at radius 1 is 0.523 bits per heavy atom. The van der Waals surface area contributed by atoms with Crippen LogP contribution in [0.2, 0.25) is 0 Å². The third-order valence-electron chi connectivity index (χ3n) is 12.6. The summed E-state index contributed by atoms with van der Waals surface area (Å²) in [7, 11) is 0. The Balaban J connectivity index is 2.32. The van der Waals surface area contributed by atoms with Gasteiger partial charge in [-0.3, -0.25) is 4.79 Å². The van der Waals surface area contributed by atoms with Crippen molar-refractivity contribution >= 4 is 5.91 Å². The van der Waals surface area contributed by atoms with Gasteiger partial charge in [-0.2, -0.15) is 0 Å². The molecule has 7 atom stereocenters. The molecule has 0 aliphatic carbocycles. The van der Waals surface area contributed by atoms with Gasteiger partial charge in [0.2, 0.25) is 5.91 Å². The zero-order valence-electron chi connectivity index (χ0n) is 41.7. The zero-order valence-corrected chi connectivity index (χ0v) is 41.7. The molecular weight excluding hydrogens is 815 g/mol. The molecule has 1 amide bonds. The molecule has 378 valence electrons. The Hall–Kier alpha value is -2.11. The topological polar surface area (TPSA) is 149 Å². The number of unbranched alkanes of at least 4 members (excludes halogenated alkanes) is 27. The van der Waals surface area contributed by atoms with Crippen molar-refractivity contribution < 1.29 is 39.8 Å². The molecule has 7 unspecified atom stereocenters. The molecule has 1 rings (SSSR count). The molecule has 6 N–H and O–H groups in total.